The zero-order chi connectivity index (χ0) is 27.1. The molecule has 8 nitrogen and oxygen atoms in total. The number of carbonyl (C=O) groups is 1. The highest BCUT2D eigenvalue weighted by molar-refractivity contribution is 6.04. The van der Waals surface area contributed by atoms with Crippen LogP contribution in [0.2, 0.25) is 0 Å². The number of aliphatic hydroxyl groups is 2. The summed E-state index contributed by atoms with van der Waals surface area (Å²) in [5, 5.41) is 33.7. The van der Waals surface area contributed by atoms with Gasteiger partial charge in [-0.3, -0.25) is 4.79 Å². The predicted octanol–water partition coefficient (Wildman–Crippen LogP) is 3.47. The Balaban J connectivity index is 1.82. The summed E-state index contributed by atoms with van der Waals surface area (Å²) in [7, 11) is 7.45. The molecule has 2 atom stereocenters. The number of rotatable bonds is 11. The SMILES string of the molecule is COC(CNC(=O)/C(C#N)=C(\C)c1ccc(-c2ccc3cc(N(C)C)ccc3c2)n1C)CC(O)CCO. The monoisotopic (exact) mass is 504 g/mol. The molecule has 0 fully saturated rings. The first-order chi connectivity index (χ1) is 17.7. The fraction of sp³-hybridized carbons (Fsp3) is 0.379. The predicted molar refractivity (Wildman–Crippen MR) is 147 cm³/mol. The summed E-state index contributed by atoms with van der Waals surface area (Å²) in [6.07, 6.45) is -0.660. The molecule has 1 amide bonds. The molecule has 0 aliphatic carbocycles. The van der Waals surface area contributed by atoms with E-state index in [0.29, 0.717) is 5.57 Å². The van der Waals surface area contributed by atoms with E-state index < -0.39 is 18.1 Å². The lowest BCUT2D eigenvalue weighted by Crippen LogP contribution is -2.36. The average Bonchev–Trinajstić information content (AvgIpc) is 3.27. The van der Waals surface area contributed by atoms with E-state index >= 15 is 0 Å². The van der Waals surface area contributed by atoms with Crippen molar-refractivity contribution in [3.8, 4) is 17.3 Å². The third kappa shape index (κ3) is 6.57. The Morgan fingerprint density at radius 1 is 1.16 bits per heavy atom. The van der Waals surface area contributed by atoms with E-state index in [9.17, 15) is 15.2 Å². The van der Waals surface area contributed by atoms with Crippen molar-refractivity contribution in [3.05, 3.63) is 59.8 Å². The number of amides is 1. The molecule has 0 saturated carbocycles. The number of hydrogen-bond acceptors (Lipinski definition) is 6. The van der Waals surface area contributed by atoms with Gasteiger partial charge in [0.05, 0.1) is 12.2 Å². The number of benzene rings is 2. The van der Waals surface area contributed by atoms with Gasteiger partial charge in [0.25, 0.3) is 5.91 Å². The number of anilines is 1. The lowest BCUT2D eigenvalue weighted by molar-refractivity contribution is -0.117. The molecule has 3 aromatic rings. The molecule has 196 valence electrons. The Hall–Kier alpha value is -3.64. The lowest BCUT2D eigenvalue weighted by Gasteiger charge is -2.19. The van der Waals surface area contributed by atoms with Crippen molar-refractivity contribution in [2.24, 2.45) is 7.05 Å². The van der Waals surface area contributed by atoms with Gasteiger partial charge in [-0.1, -0.05) is 18.2 Å². The Morgan fingerprint density at radius 3 is 2.51 bits per heavy atom. The van der Waals surface area contributed by atoms with Crippen molar-refractivity contribution >= 4 is 27.9 Å². The number of hydrogen-bond donors (Lipinski definition) is 3. The van der Waals surface area contributed by atoms with Gasteiger partial charge in [0.1, 0.15) is 11.6 Å². The quantitative estimate of drug-likeness (QED) is 0.272. The summed E-state index contributed by atoms with van der Waals surface area (Å²) in [6.45, 7) is 1.78. The Bertz CT molecular complexity index is 1320. The molecule has 0 spiro atoms. The second-order valence-electron chi connectivity index (χ2n) is 9.38. The van der Waals surface area contributed by atoms with Gasteiger partial charge in [-0.2, -0.15) is 5.26 Å². The number of ether oxygens (including phenoxy) is 1. The maximum atomic E-state index is 12.9. The third-order valence-corrected chi connectivity index (χ3v) is 6.68. The van der Waals surface area contributed by atoms with Gasteiger partial charge in [0, 0.05) is 64.9 Å². The van der Waals surface area contributed by atoms with E-state index in [1.807, 2.05) is 43.9 Å². The van der Waals surface area contributed by atoms with Crippen LogP contribution in [0.25, 0.3) is 27.6 Å². The number of nitriles is 1. The number of methoxy groups -OCH3 is 1. The van der Waals surface area contributed by atoms with Crippen LogP contribution in [-0.4, -0.2) is 67.3 Å². The Morgan fingerprint density at radius 2 is 1.86 bits per heavy atom. The second kappa shape index (κ2) is 12.5. The van der Waals surface area contributed by atoms with Gasteiger partial charge in [-0.15, -0.1) is 0 Å². The normalized spacial score (nSPS) is 13.6. The summed E-state index contributed by atoms with van der Waals surface area (Å²) < 4.78 is 7.32. The summed E-state index contributed by atoms with van der Waals surface area (Å²) in [5.41, 5.74) is 4.52. The molecule has 37 heavy (non-hydrogen) atoms. The summed E-state index contributed by atoms with van der Waals surface area (Å²) in [5.74, 6) is -0.496. The van der Waals surface area contributed by atoms with Crippen LogP contribution >= 0.6 is 0 Å². The van der Waals surface area contributed by atoms with Crippen LogP contribution < -0.4 is 10.2 Å². The summed E-state index contributed by atoms with van der Waals surface area (Å²) in [6, 6.07) is 18.6. The maximum Gasteiger partial charge on any atom is 0.262 e. The van der Waals surface area contributed by atoms with Crippen molar-refractivity contribution in [2.75, 3.05) is 39.3 Å². The molecule has 3 N–H and O–H groups in total. The van der Waals surface area contributed by atoms with E-state index in [2.05, 4.69) is 46.6 Å². The number of carbonyl (C=O) groups excluding carboxylic acids is 1. The molecule has 0 saturated heterocycles. The van der Waals surface area contributed by atoms with Crippen LogP contribution in [0.1, 0.15) is 25.5 Å². The average molecular weight is 505 g/mol. The standard InChI is InChI=1S/C29H36N4O4/c1-19(26(17-30)29(36)31-18-25(37-5)16-24(35)12-13-34)27-10-11-28(33(27)4)22-7-6-21-15-23(32(2)3)9-8-20(21)14-22/h6-11,14-15,24-25,34-35H,12-13,16,18H2,1-5H3,(H,31,36)/b26-19+. The molecule has 3 rings (SSSR count). The molecule has 0 aliphatic rings. The third-order valence-electron chi connectivity index (χ3n) is 6.68. The zero-order valence-corrected chi connectivity index (χ0v) is 22.2. The molecule has 1 aromatic heterocycles. The number of nitrogens with zero attached hydrogens (tertiary/aromatic N) is 3. The number of aromatic nitrogens is 1. The minimum atomic E-state index is -0.730. The number of aliphatic hydroxyl groups excluding tert-OH is 2. The van der Waals surface area contributed by atoms with Gasteiger partial charge in [-0.05, 0) is 65.6 Å². The molecule has 0 radical (unpaired) electrons. The fourth-order valence-corrected chi connectivity index (χ4v) is 4.41. The van der Waals surface area contributed by atoms with Crippen LogP contribution in [0.5, 0.6) is 0 Å². The molecule has 0 bridgehead atoms. The topological polar surface area (TPSA) is 111 Å². The van der Waals surface area contributed by atoms with Crippen LogP contribution in [0, 0.1) is 11.3 Å². The largest absolute Gasteiger partial charge is 0.396 e. The molecule has 8 heteroatoms. The fourth-order valence-electron chi connectivity index (χ4n) is 4.41. The Kier molecular flexibility index (Phi) is 9.48. The maximum absolute atomic E-state index is 12.9. The van der Waals surface area contributed by atoms with Crippen LogP contribution in [-0.2, 0) is 16.6 Å². The minimum Gasteiger partial charge on any atom is -0.396 e. The van der Waals surface area contributed by atoms with E-state index in [1.165, 1.54) is 7.11 Å². The molecule has 2 aromatic carbocycles. The molecular formula is C29H36N4O4. The second-order valence-corrected chi connectivity index (χ2v) is 9.38. The highest BCUT2D eigenvalue weighted by Gasteiger charge is 2.20. The van der Waals surface area contributed by atoms with E-state index in [4.69, 9.17) is 9.84 Å². The number of allylic oxidation sites excluding steroid dienone is 1. The molecule has 2 unspecified atom stereocenters. The zero-order valence-electron chi connectivity index (χ0n) is 22.2. The molecule has 1 heterocycles. The highest BCUT2D eigenvalue weighted by atomic mass is 16.5. The van der Waals surface area contributed by atoms with E-state index in [0.717, 1.165) is 33.4 Å². The summed E-state index contributed by atoms with van der Waals surface area (Å²) in [4.78, 5) is 14.9. The summed E-state index contributed by atoms with van der Waals surface area (Å²) >= 11 is 0. The van der Waals surface area contributed by atoms with Gasteiger partial charge < -0.3 is 29.7 Å². The first kappa shape index (κ1) is 27.9. The smallest absolute Gasteiger partial charge is 0.262 e. The molecule has 0 aliphatic heterocycles. The van der Waals surface area contributed by atoms with Crippen LogP contribution in [0.4, 0.5) is 5.69 Å². The molecular weight excluding hydrogens is 468 g/mol. The first-order valence-corrected chi connectivity index (χ1v) is 12.3. The van der Waals surface area contributed by atoms with Crippen molar-refractivity contribution in [1.29, 1.82) is 5.26 Å². The van der Waals surface area contributed by atoms with Crippen molar-refractivity contribution in [1.82, 2.24) is 9.88 Å². The van der Waals surface area contributed by atoms with E-state index in [-0.39, 0.29) is 31.6 Å². The first-order valence-electron chi connectivity index (χ1n) is 12.3. The van der Waals surface area contributed by atoms with Crippen molar-refractivity contribution in [3.63, 3.8) is 0 Å². The van der Waals surface area contributed by atoms with Gasteiger partial charge in [0.2, 0.25) is 0 Å². The van der Waals surface area contributed by atoms with Crippen molar-refractivity contribution < 1.29 is 19.7 Å². The van der Waals surface area contributed by atoms with Crippen molar-refractivity contribution in [2.45, 2.75) is 32.0 Å². The van der Waals surface area contributed by atoms with Crippen LogP contribution in [0.3, 0.4) is 0 Å². The van der Waals surface area contributed by atoms with Gasteiger partial charge in [0.15, 0.2) is 0 Å². The minimum absolute atomic E-state index is 0.0215. The number of nitrogens with one attached hydrogen (secondary N) is 1. The lowest BCUT2D eigenvalue weighted by atomic mass is 10.0. The Labute approximate surface area is 218 Å². The number of fused-ring (bicyclic) bond motifs is 1. The van der Waals surface area contributed by atoms with Crippen LogP contribution in [0.15, 0.2) is 54.1 Å². The highest BCUT2D eigenvalue weighted by Crippen LogP contribution is 2.30. The van der Waals surface area contributed by atoms with E-state index in [1.54, 1.807) is 6.92 Å². The van der Waals surface area contributed by atoms with Gasteiger partial charge >= 0.3 is 0 Å². The van der Waals surface area contributed by atoms with Gasteiger partial charge in [-0.25, -0.2) is 0 Å².